The number of hydrogen-bond acceptors (Lipinski definition) is 5. The molecule has 0 saturated heterocycles. The SMILES string of the molecule is CC.CCC(OCn1cnc2c(=O)[nH]c(N)nc21)C(C)C. The van der Waals surface area contributed by atoms with Crippen molar-refractivity contribution in [1.29, 1.82) is 0 Å². The third kappa shape index (κ3) is 4.04. The van der Waals surface area contributed by atoms with Gasteiger partial charge >= 0.3 is 0 Å². The van der Waals surface area contributed by atoms with Crippen molar-refractivity contribution in [3.8, 4) is 0 Å². The molecular weight excluding hydrogens is 270 g/mol. The Morgan fingerprint density at radius 1 is 1.43 bits per heavy atom. The molecule has 0 aliphatic rings. The second-order valence-electron chi connectivity index (χ2n) is 4.82. The van der Waals surface area contributed by atoms with Crippen molar-refractivity contribution in [3.05, 3.63) is 16.7 Å². The summed E-state index contributed by atoms with van der Waals surface area (Å²) >= 11 is 0. The number of aromatic nitrogens is 4. The van der Waals surface area contributed by atoms with Crippen LogP contribution in [0.4, 0.5) is 5.95 Å². The number of H-pyrrole nitrogens is 1. The number of imidazole rings is 1. The van der Waals surface area contributed by atoms with Gasteiger partial charge in [-0.1, -0.05) is 34.6 Å². The van der Waals surface area contributed by atoms with Crippen LogP contribution in [0.15, 0.2) is 11.1 Å². The highest BCUT2D eigenvalue weighted by atomic mass is 16.5. The van der Waals surface area contributed by atoms with Crippen LogP contribution >= 0.6 is 0 Å². The van der Waals surface area contributed by atoms with Crippen LogP contribution in [0.3, 0.4) is 0 Å². The van der Waals surface area contributed by atoms with E-state index in [1.165, 1.54) is 0 Å². The topological polar surface area (TPSA) is 98.8 Å². The molecule has 0 aliphatic heterocycles. The molecule has 2 rings (SSSR count). The van der Waals surface area contributed by atoms with E-state index in [0.717, 1.165) is 6.42 Å². The highest BCUT2D eigenvalue weighted by Crippen LogP contribution is 2.13. The molecule has 118 valence electrons. The summed E-state index contributed by atoms with van der Waals surface area (Å²) in [5.41, 5.74) is 5.92. The molecule has 0 spiro atoms. The molecule has 3 N–H and O–H groups in total. The van der Waals surface area contributed by atoms with Crippen molar-refractivity contribution in [3.63, 3.8) is 0 Å². The molecule has 2 aromatic heterocycles. The smallest absolute Gasteiger partial charge is 0.280 e. The zero-order valence-corrected chi connectivity index (χ0v) is 13.4. The van der Waals surface area contributed by atoms with Gasteiger partial charge in [0.25, 0.3) is 5.56 Å². The van der Waals surface area contributed by atoms with Crippen LogP contribution in [0.5, 0.6) is 0 Å². The van der Waals surface area contributed by atoms with Crippen molar-refractivity contribution in [1.82, 2.24) is 19.5 Å². The number of nitrogen functional groups attached to an aromatic ring is 1. The molecule has 0 bridgehead atoms. The molecule has 0 aromatic carbocycles. The number of hydrogen-bond donors (Lipinski definition) is 2. The molecule has 7 heteroatoms. The number of fused-ring (bicyclic) bond motifs is 1. The van der Waals surface area contributed by atoms with E-state index >= 15 is 0 Å². The van der Waals surface area contributed by atoms with Crippen LogP contribution in [0.25, 0.3) is 11.2 Å². The van der Waals surface area contributed by atoms with E-state index in [-0.39, 0.29) is 23.1 Å². The Labute approximate surface area is 124 Å². The van der Waals surface area contributed by atoms with Gasteiger partial charge in [-0.05, 0) is 12.3 Å². The van der Waals surface area contributed by atoms with Gasteiger partial charge in [0, 0.05) is 0 Å². The first-order valence-corrected chi connectivity index (χ1v) is 7.35. The number of aromatic amines is 1. The van der Waals surface area contributed by atoms with Crippen LogP contribution in [0, 0.1) is 5.92 Å². The van der Waals surface area contributed by atoms with Gasteiger partial charge < -0.3 is 10.5 Å². The lowest BCUT2D eigenvalue weighted by molar-refractivity contribution is -0.0191. The van der Waals surface area contributed by atoms with Gasteiger partial charge in [-0.2, -0.15) is 4.98 Å². The highest BCUT2D eigenvalue weighted by Gasteiger charge is 2.13. The third-order valence-electron chi connectivity index (χ3n) is 3.07. The minimum atomic E-state index is -0.336. The van der Waals surface area contributed by atoms with E-state index in [1.54, 1.807) is 10.9 Å². The van der Waals surface area contributed by atoms with Gasteiger partial charge in [0.15, 0.2) is 11.2 Å². The molecule has 0 saturated carbocycles. The monoisotopic (exact) mass is 295 g/mol. The zero-order chi connectivity index (χ0) is 16.0. The van der Waals surface area contributed by atoms with Crippen LogP contribution in [0.1, 0.15) is 41.0 Å². The van der Waals surface area contributed by atoms with Crippen LogP contribution in [-0.2, 0) is 11.5 Å². The fourth-order valence-electron chi connectivity index (χ4n) is 2.02. The molecule has 0 amide bonds. The predicted molar refractivity (Wildman–Crippen MR) is 83.9 cm³/mol. The van der Waals surface area contributed by atoms with E-state index in [9.17, 15) is 4.79 Å². The molecule has 2 heterocycles. The first-order valence-electron chi connectivity index (χ1n) is 7.35. The maximum atomic E-state index is 11.6. The Bertz CT molecular complexity index is 617. The van der Waals surface area contributed by atoms with Crippen molar-refractivity contribution >= 4 is 17.1 Å². The fraction of sp³-hybridized carbons (Fsp3) is 0.643. The summed E-state index contributed by atoms with van der Waals surface area (Å²) in [5.74, 6) is 0.511. The summed E-state index contributed by atoms with van der Waals surface area (Å²) in [5, 5.41) is 0. The minimum Gasteiger partial charge on any atom is -0.369 e. The number of nitrogens with one attached hydrogen (secondary N) is 1. The average Bonchev–Trinajstić information content (AvgIpc) is 2.85. The number of anilines is 1. The Kier molecular flexibility index (Phi) is 6.36. The Morgan fingerprint density at radius 3 is 2.67 bits per heavy atom. The lowest BCUT2D eigenvalue weighted by atomic mass is 10.1. The number of nitrogens with two attached hydrogens (primary N) is 1. The standard InChI is InChI=1S/C12H19N5O2.C2H6/c1-4-8(7(2)3)19-6-17-5-14-9-10(17)15-12(13)16-11(9)18;1-2/h5,7-8H,4,6H2,1-3H3,(H3,13,15,16,18);1-2H3. The van der Waals surface area contributed by atoms with Crippen molar-refractivity contribution in [2.24, 2.45) is 5.92 Å². The summed E-state index contributed by atoms with van der Waals surface area (Å²) < 4.78 is 7.50. The van der Waals surface area contributed by atoms with Crippen LogP contribution < -0.4 is 11.3 Å². The van der Waals surface area contributed by atoms with Crippen molar-refractivity contribution in [2.45, 2.75) is 53.9 Å². The molecule has 0 aliphatic carbocycles. The van der Waals surface area contributed by atoms with Gasteiger partial charge in [0.2, 0.25) is 5.95 Å². The maximum absolute atomic E-state index is 11.6. The second-order valence-corrected chi connectivity index (χ2v) is 4.82. The summed E-state index contributed by atoms with van der Waals surface area (Å²) in [6, 6.07) is 0. The molecule has 1 unspecified atom stereocenters. The quantitative estimate of drug-likeness (QED) is 0.880. The summed E-state index contributed by atoms with van der Waals surface area (Å²) in [6.45, 7) is 10.6. The lowest BCUT2D eigenvalue weighted by Crippen LogP contribution is -2.20. The maximum Gasteiger partial charge on any atom is 0.280 e. The van der Waals surface area contributed by atoms with Crippen molar-refractivity contribution in [2.75, 3.05) is 5.73 Å². The number of nitrogens with zero attached hydrogens (tertiary/aromatic N) is 3. The van der Waals surface area contributed by atoms with E-state index in [1.807, 2.05) is 13.8 Å². The van der Waals surface area contributed by atoms with Crippen LogP contribution in [-0.4, -0.2) is 25.6 Å². The van der Waals surface area contributed by atoms with Crippen LogP contribution in [0.2, 0.25) is 0 Å². The van der Waals surface area contributed by atoms with Gasteiger partial charge in [-0.3, -0.25) is 14.3 Å². The predicted octanol–water partition coefficient (Wildman–Crippen LogP) is 2.14. The first kappa shape index (κ1) is 17.2. The number of ether oxygens (including phenoxy) is 1. The van der Waals surface area contributed by atoms with E-state index in [2.05, 4.69) is 35.7 Å². The second kappa shape index (κ2) is 7.78. The fourth-order valence-corrected chi connectivity index (χ4v) is 2.02. The van der Waals surface area contributed by atoms with Gasteiger partial charge in [0.05, 0.1) is 12.4 Å². The molecule has 7 nitrogen and oxygen atoms in total. The van der Waals surface area contributed by atoms with E-state index < -0.39 is 0 Å². The highest BCUT2D eigenvalue weighted by molar-refractivity contribution is 5.70. The van der Waals surface area contributed by atoms with Crippen molar-refractivity contribution < 1.29 is 4.74 Å². The first-order chi connectivity index (χ1) is 10.0. The zero-order valence-electron chi connectivity index (χ0n) is 13.4. The Hall–Kier alpha value is -1.89. The number of rotatable bonds is 5. The largest absolute Gasteiger partial charge is 0.369 e. The molecule has 2 aromatic rings. The molecule has 1 atom stereocenters. The minimum absolute atomic E-state index is 0.0788. The molecular formula is C14H25N5O2. The normalized spacial score (nSPS) is 12.3. The summed E-state index contributed by atoms with van der Waals surface area (Å²) in [6.07, 6.45) is 2.64. The van der Waals surface area contributed by atoms with E-state index in [0.29, 0.717) is 18.3 Å². The molecule has 0 fully saturated rings. The van der Waals surface area contributed by atoms with Gasteiger partial charge in [0.1, 0.15) is 6.73 Å². The summed E-state index contributed by atoms with van der Waals surface area (Å²) in [4.78, 5) is 22.2. The Morgan fingerprint density at radius 2 is 2.10 bits per heavy atom. The third-order valence-corrected chi connectivity index (χ3v) is 3.07. The summed E-state index contributed by atoms with van der Waals surface area (Å²) in [7, 11) is 0. The molecule has 0 radical (unpaired) electrons. The average molecular weight is 295 g/mol. The van der Waals surface area contributed by atoms with E-state index in [4.69, 9.17) is 10.5 Å². The van der Waals surface area contributed by atoms with Gasteiger partial charge in [-0.25, -0.2) is 4.98 Å². The molecule has 21 heavy (non-hydrogen) atoms. The Balaban J connectivity index is 0.00000106. The van der Waals surface area contributed by atoms with Gasteiger partial charge in [-0.15, -0.1) is 0 Å². The lowest BCUT2D eigenvalue weighted by Gasteiger charge is -2.19.